The van der Waals surface area contributed by atoms with Gasteiger partial charge in [-0.15, -0.1) is 0 Å². The highest BCUT2D eigenvalue weighted by Crippen LogP contribution is 2.22. The summed E-state index contributed by atoms with van der Waals surface area (Å²) in [6.45, 7) is 7.81. The number of hydrogen-bond acceptors (Lipinski definition) is 3. The molecule has 1 heterocycles. The Hall–Kier alpha value is -0.120. The third-order valence-corrected chi connectivity index (χ3v) is 3.76. The summed E-state index contributed by atoms with van der Waals surface area (Å²) in [6, 6.07) is 0.467. The molecule has 0 radical (unpaired) electrons. The molecule has 2 unspecified atom stereocenters. The molecule has 90 valence electrons. The molecular weight excluding hydrogens is 190 g/mol. The first-order valence-electron chi connectivity index (χ1n) is 6.06. The first-order chi connectivity index (χ1) is 7.02. The van der Waals surface area contributed by atoms with Crippen LogP contribution in [0.25, 0.3) is 0 Å². The Balaban J connectivity index is 2.50. The van der Waals surface area contributed by atoms with Crippen LogP contribution in [0.4, 0.5) is 0 Å². The largest absolute Gasteiger partial charge is 0.389 e. The Morgan fingerprint density at radius 1 is 1.40 bits per heavy atom. The molecule has 2 atom stereocenters. The van der Waals surface area contributed by atoms with Crippen LogP contribution in [-0.2, 0) is 4.74 Å². The SMILES string of the molecule is CCC(O)(CC)CN(C)C1CCOC1C. The Labute approximate surface area is 93.4 Å². The lowest BCUT2D eigenvalue weighted by Gasteiger charge is -2.35. The van der Waals surface area contributed by atoms with E-state index in [0.717, 1.165) is 32.4 Å². The summed E-state index contributed by atoms with van der Waals surface area (Å²) < 4.78 is 5.55. The maximum Gasteiger partial charge on any atom is 0.0768 e. The second-order valence-corrected chi connectivity index (χ2v) is 4.78. The molecule has 1 saturated heterocycles. The van der Waals surface area contributed by atoms with Crippen molar-refractivity contribution in [2.45, 2.75) is 57.8 Å². The molecule has 1 rings (SSSR count). The van der Waals surface area contributed by atoms with Crippen molar-refractivity contribution in [3.05, 3.63) is 0 Å². The molecule has 1 fully saturated rings. The Morgan fingerprint density at radius 2 is 2.00 bits per heavy atom. The van der Waals surface area contributed by atoms with Gasteiger partial charge in [0.05, 0.1) is 11.7 Å². The molecule has 0 aliphatic carbocycles. The van der Waals surface area contributed by atoms with Crippen LogP contribution < -0.4 is 0 Å². The minimum absolute atomic E-state index is 0.299. The van der Waals surface area contributed by atoms with Crippen LogP contribution in [-0.4, -0.2) is 48.0 Å². The number of aliphatic hydroxyl groups is 1. The van der Waals surface area contributed by atoms with Gasteiger partial charge in [-0.25, -0.2) is 0 Å². The van der Waals surface area contributed by atoms with Crippen molar-refractivity contribution in [1.82, 2.24) is 4.90 Å². The van der Waals surface area contributed by atoms with Crippen LogP contribution in [0.15, 0.2) is 0 Å². The maximum atomic E-state index is 10.3. The molecule has 15 heavy (non-hydrogen) atoms. The average Bonchev–Trinajstić information content (AvgIpc) is 2.64. The summed E-state index contributed by atoms with van der Waals surface area (Å²) in [5, 5.41) is 10.3. The summed E-state index contributed by atoms with van der Waals surface area (Å²) >= 11 is 0. The lowest BCUT2D eigenvalue weighted by molar-refractivity contribution is -0.0158. The molecule has 3 heteroatoms. The predicted octanol–water partition coefficient (Wildman–Crippen LogP) is 1.65. The zero-order valence-electron chi connectivity index (χ0n) is 10.5. The number of likely N-dealkylation sites (N-methyl/N-ethyl adjacent to an activating group) is 1. The Morgan fingerprint density at radius 3 is 2.40 bits per heavy atom. The van der Waals surface area contributed by atoms with Gasteiger partial charge < -0.3 is 9.84 Å². The quantitative estimate of drug-likeness (QED) is 0.757. The standard InChI is InChI=1S/C12H25NO2/c1-5-12(14,6-2)9-13(4)11-7-8-15-10(11)3/h10-11,14H,5-9H2,1-4H3. The molecule has 0 saturated carbocycles. The molecule has 0 aromatic heterocycles. The van der Waals surface area contributed by atoms with E-state index < -0.39 is 5.60 Å². The van der Waals surface area contributed by atoms with Crippen molar-refractivity contribution >= 4 is 0 Å². The molecule has 0 amide bonds. The normalized spacial score (nSPS) is 27.6. The van der Waals surface area contributed by atoms with Crippen LogP contribution in [0.3, 0.4) is 0 Å². The molecule has 0 bridgehead atoms. The third-order valence-electron chi connectivity index (χ3n) is 3.76. The van der Waals surface area contributed by atoms with Gasteiger partial charge >= 0.3 is 0 Å². The fourth-order valence-electron chi connectivity index (χ4n) is 2.35. The van der Waals surface area contributed by atoms with Crippen LogP contribution in [0.5, 0.6) is 0 Å². The maximum absolute atomic E-state index is 10.3. The van der Waals surface area contributed by atoms with Gasteiger partial charge in [0.15, 0.2) is 0 Å². The molecule has 1 N–H and O–H groups in total. The van der Waals surface area contributed by atoms with Gasteiger partial charge in [-0.3, -0.25) is 4.90 Å². The summed E-state index contributed by atoms with van der Waals surface area (Å²) in [4.78, 5) is 2.25. The van der Waals surface area contributed by atoms with Crippen molar-refractivity contribution in [1.29, 1.82) is 0 Å². The highest BCUT2D eigenvalue weighted by atomic mass is 16.5. The lowest BCUT2D eigenvalue weighted by atomic mass is 9.95. The average molecular weight is 215 g/mol. The van der Waals surface area contributed by atoms with E-state index in [1.54, 1.807) is 0 Å². The van der Waals surface area contributed by atoms with Crippen molar-refractivity contribution in [2.75, 3.05) is 20.2 Å². The number of hydrogen-bond donors (Lipinski definition) is 1. The van der Waals surface area contributed by atoms with Gasteiger partial charge in [-0.2, -0.15) is 0 Å². The Bertz CT molecular complexity index is 192. The molecule has 0 spiro atoms. The lowest BCUT2D eigenvalue weighted by Crippen LogP contribution is -2.47. The zero-order valence-corrected chi connectivity index (χ0v) is 10.5. The molecule has 0 aromatic carbocycles. The molecule has 0 aromatic rings. The highest BCUT2D eigenvalue weighted by molar-refractivity contribution is 4.86. The summed E-state index contributed by atoms with van der Waals surface area (Å²) in [5.74, 6) is 0. The number of rotatable bonds is 5. The van der Waals surface area contributed by atoms with Gasteiger partial charge in [-0.05, 0) is 33.2 Å². The van der Waals surface area contributed by atoms with Gasteiger partial charge in [0.25, 0.3) is 0 Å². The van der Waals surface area contributed by atoms with Crippen LogP contribution >= 0.6 is 0 Å². The fraction of sp³-hybridized carbons (Fsp3) is 1.00. The van der Waals surface area contributed by atoms with Crippen LogP contribution in [0, 0.1) is 0 Å². The summed E-state index contributed by atoms with van der Waals surface area (Å²) in [5.41, 5.74) is -0.531. The van der Waals surface area contributed by atoms with E-state index in [1.165, 1.54) is 0 Å². The number of ether oxygens (including phenoxy) is 1. The summed E-state index contributed by atoms with van der Waals surface area (Å²) in [6.07, 6.45) is 3.01. The minimum Gasteiger partial charge on any atom is -0.389 e. The van der Waals surface area contributed by atoms with E-state index in [1.807, 2.05) is 13.8 Å². The first kappa shape index (κ1) is 12.9. The topological polar surface area (TPSA) is 32.7 Å². The zero-order chi connectivity index (χ0) is 11.5. The van der Waals surface area contributed by atoms with E-state index in [-0.39, 0.29) is 0 Å². The molecule has 3 nitrogen and oxygen atoms in total. The summed E-state index contributed by atoms with van der Waals surface area (Å²) in [7, 11) is 2.09. The monoisotopic (exact) mass is 215 g/mol. The van der Waals surface area contributed by atoms with E-state index in [9.17, 15) is 5.11 Å². The van der Waals surface area contributed by atoms with Crippen LogP contribution in [0.2, 0.25) is 0 Å². The second kappa shape index (κ2) is 5.28. The molecule has 1 aliphatic rings. The highest BCUT2D eigenvalue weighted by Gasteiger charge is 2.32. The van der Waals surface area contributed by atoms with E-state index in [2.05, 4.69) is 18.9 Å². The van der Waals surface area contributed by atoms with E-state index in [0.29, 0.717) is 12.1 Å². The van der Waals surface area contributed by atoms with Crippen molar-refractivity contribution in [3.8, 4) is 0 Å². The van der Waals surface area contributed by atoms with Crippen molar-refractivity contribution < 1.29 is 9.84 Å². The van der Waals surface area contributed by atoms with Crippen molar-refractivity contribution in [2.24, 2.45) is 0 Å². The smallest absolute Gasteiger partial charge is 0.0768 e. The molecule has 1 aliphatic heterocycles. The van der Waals surface area contributed by atoms with Gasteiger partial charge in [0, 0.05) is 19.2 Å². The fourth-order valence-corrected chi connectivity index (χ4v) is 2.35. The van der Waals surface area contributed by atoms with E-state index in [4.69, 9.17) is 4.74 Å². The Kier molecular flexibility index (Phi) is 4.56. The van der Waals surface area contributed by atoms with Crippen molar-refractivity contribution in [3.63, 3.8) is 0 Å². The minimum atomic E-state index is -0.531. The predicted molar refractivity (Wildman–Crippen MR) is 62.0 cm³/mol. The number of nitrogens with zero attached hydrogens (tertiary/aromatic N) is 1. The molecular formula is C12H25NO2. The van der Waals surface area contributed by atoms with Gasteiger partial charge in [0.2, 0.25) is 0 Å². The third kappa shape index (κ3) is 3.16. The first-order valence-corrected chi connectivity index (χ1v) is 6.06. The van der Waals surface area contributed by atoms with E-state index >= 15 is 0 Å². The van der Waals surface area contributed by atoms with Crippen LogP contribution in [0.1, 0.15) is 40.0 Å². The van der Waals surface area contributed by atoms with Gasteiger partial charge in [0.1, 0.15) is 0 Å². The second-order valence-electron chi connectivity index (χ2n) is 4.78. The van der Waals surface area contributed by atoms with Gasteiger partial charge in [-0.1, -0.05) is 13.8 Å².